The molecule has 0 amide bonds. The maximum Gasteiger partial charge on any atom is 0.188 e. The van der Waals surface area contributed by atoms with E-state index in [1.165, 1.54) is 0 Å². The van der Waals surface area contributed by atoms with Gasteiger partial charge in [-0.1, -0.05) is 13.8 Å². The van der Waals surface area contributed by atoms with Gasteiger partial charge in [-0.15, -0.1) is 0 Å². The summed E-state index contributed by atoms with van der Waals surface area (Å²) < 4.78 is 0. The van der Waals surface area contributed by atoms with E-state index in [9.17, 15) is 0 Å². The summed E-state index contributed by atoms with van der Waals surface area (Å²) in [6.07, 6.45) is 5.52. The van der Waals surface area contributed by atoms with Crippen LogP contribution < -0.4 is 11.1 Å². The van der Waals surface area contributed by atoms with Crippen molar-refractivity contribution in [1.29, 1.82) is 0 Å². The monoisotopic (exact) mass is 223 g/mol. The average molecular weight is 223 g/mol. The lowest BCUT2D eigenvalue weighted by Gasteiger charge is -2.05. The fourth-order valence-corrected chi connectivity index (χ4v) is 1.24. The van der Waals surface area contributed by atoms with Crippen molar-refractivity contribution >= 4 is 5.96 Å². The van der Waals surface area contributed by atoms with Gasteiger partial charge in [0.15, 0.2) is 5.96 Å². The van der Waals surface area contributed by atoms with Gasteiger partial charge in [-0.05, 0) is 12.3 Å². The minimum atomic E-state index is 0.535. The number of nitrogens with two attached hydrogens (primary N) is 1. The van der Waals surface area contributed by atoms with Gasteiger partial charge in [0.2, 0.25) is 0 Å². The Labute approximate surface area is 96.6 Å². The molecule has 0 atom stereocenters. The minimum Gasteiger partial charge on any atom is -0.370 e. The summed E-state index contributed by atoms with van der Waals surface area (Å²) >= 11 is 0. The largest absolute Gasteiger partial charge is 0.370 e. The first-order chi connectivity index (χ1) is 7.68. The fourth-order valence-electron chi connectivity index (χ4n) is 1.24. The summed E-state index contributed by atoms with van der Waals surface area (Å²) in [5, 5.41) is 3.09. The van der Waals surface area contributed by atoms with Gasteiger partial charge in [0.05, 0.1) is 0 Å². The van der Waals surface area contributed by atoms with Crippen molar-refractivity contribution < 1.29 is 0 Å². The molecule has 0 aliphatic heterocycles. The first kappa shape index (κ1) is 12.5. The number of hydrogen-bond acceptors (Lipinski definition) is 2. The van der Waals surface area contributed by atoms with Gasteiger partial charge in [-0.2, -0.15) is 0 Å². The Bertz CT molecular complexity index is 302. The van der Waals surface area contributed by atoms with Crippen LogP contribution in [0.25, 0.3) is 0 Å². The molecule has 0 radical (unpaired) electrons. The van der Waals surface area contributed by atoms with E-state index in [-0.39, 0.29) is 0 Å². The van der Waals surface area contributed by atoms with Gasteiger partial charge in [0, 0.05) is 31.9 Å². The number of imidazole rings is 1. The van der Waals surface area contributed by atoms with Crippen molar-refractivity contribution in [1.82, 2.24) is 15.3 Å². The molecule has 5 nitrogen and oxygen atoms in total. The summed E-state index contributed by atoms with van der Waals surface area (Å²) in [7, 11) is 0. The summed E-state index contributed by atoms with van der Waals surface area (Å²) in [5.74, 6) is 2.09. The zero-order valence-corrected chi connectivity index (χ0v) is 10.0. The summed E-state index contributed by atoms with van der Waals surface area (Å²) in [6, 6.07) is 0. The van der Waals surface area contributed by atoms with E-state index < -0.39 is 0 Å². The van der Waals surface area contributed by atoms with E-state index in [0.29, 0.717) is 11.9 Å². The fraction of sp³-hybridized carbons (Fsp3) is 0.636. The van der Waals surface area contributed by atoms with E-state index in [1.54, 1.807) is 6.20 Å². The Morgan fingerprint density at radius 3 is 3.06 bits per heavy atom. The molecule has 0 saturated heterocycles. The number of hydrogen-bond donors (Lipinski definition) is 3. The van der Waals surface area contributed by atoms with Crippen LogP contribution >= 0.6 is 0 Å². The number of aliphatic imine (C=N–C) groups is 1. The molecule has 1 aromatic rings. The normalized spacial score (nSPS) is 12.1. The Morgan fingerprint density at radius 2 is 2.44 bits per heavy atom. The number of rotatable bonds is 6. The van der Waals surface area contributed by atoms with E-state index in [1.807, 2.05) is 6.20 Å². The third kappa shape index (κ3) is 5.38. The molecule has 0 aliphatic rings. The number of aromatic amines is 1. The second kappa shape index (κ2) is 6.87. The molecule has 0 spiro atoms. The molecule has 0 saturated carbocycles. The van der Waals surface area contributed by atoms with Crippen molar-refractivity contribution in [3.8, 4) is 0 Å². The van der Waals surface area contributed by atoms with E-state index in [0.717, 1.165) is 31.8 Å². The zero-order chi connectivity index (χ0) is 11.8. The summed E-state index contributed by atoms with van der Waals surface area (Å²) in [6.45, 7) is 5.84. The van der Waals surface area contributed by atoms with Crippen LogP contribution in [-0.2, 0) is 6.42 Å². The molecule has 90 valence electrons. The number of H-pyrrole nitrogens is 1. The highest BCUT2D eigenvalue weighted by Gasteiger charge is 1.96. The van der Waals surface area contributed by atoms with Gasteiger partial charge < -0.3 is 16.0 Å². The number of nitrogens with one attached hydrogen (secondary N) is 2. The molecule has 1 heterocycles. The Balaban J connectivity index is 2.08. The quantitative estimate of drug-likeness (QED) is 0.381. The summed E-state index contributed by atoms with van der Waals surface area (Å²) in [4.78, 5) is 11.4. The number of nitrogens with zero attached hydrogens (tertiary/aromatic N) is 2. The molecule has 5 heteroatoms. The van der Waals surface area contributed by atoms with Crippen LogP contribution in [0, 0.1) is 5.92 Å². The third-order valence-corrected chi connectivity index (χ3v) is 2.08. The maximum absolute atomic E-state index is 5.70. The topological polar surface area (TPSA) is 79.1 Å². The second-order valence-corrected chi connectivity index (χ2v) is 4.19. The third-order valence-electron chi connectivity index (χ3n) is 2.08. The predicted molar refractivity (Wildman–Crippen MR) is 66.2 cm³/mol. The number of aromatic nitrogens is 2. The minimum absolute atomic E-state index is 0.535. The van der Waals surface area contributed by atoms with Crippen molar-refractivity contribution in [2.45, 2.75) is 26.7 Å². The zero-order valence-electron chi connectivity index (χ0n) is 10.0. The van der Waals surface area contributed by atoms with Gasteiger partial charge in [0.1, 0.15) is 5.82 Å². The lowest BCUT2D eigenvalue weighted by Crippen LogP contribution is -2.33. The molecule has 0 unspecified atom stereocenters. The standard InChI is InChI=1S/C11H21N5/c1-9(2)8-16-11(12)15-5-3-4-10-13-6-7-14-10/h6-7,9H,3-5,8H2,1-2H3,(H,13,14)(H3,12,15,16). The van der Waals surface area contributed by atoms with Gasteiger partial charge in [-0.3, -0.25) is 4.99 Å². The Morgan fingerprint density at radius 1 is 1.62 bits per heavy atom. The van der Waals surface area contributed by atoms with E-state index in [4.69, 9.17) is 5.73 Å². The lowest BCUT2D eigenvalue weighted by molar-refractivity contribution is 0.659. The molecule has 0 fully saturated rings. The van der Waals surface area contributed by atoms with E-state index in [2.05, 4.69) is 34.1 Å². The van der Waals surface area contributed by atoms with Crippen LogP contribution in [0.5, 0.6) is 0 Å². The molecule has 1 aromatic heterocycles. The average Bonchev–Trinajstić information content (AvgIpc) is 2.74. The lowest BCUT2D eigenvalue weighted by atomic mass is 10.2. The van der Waals surface area contributed by atoms with Crippen molar-refractivity contribution in [3.63, 3.8) is 0 Å². The molecule has 1 rings (SSSR count). The highest BCUT2D eigenvalue weighted by molar-refractivity contribution is 5.77. The SMILES string of the molecule is CC(C)CN=C(N)NCCCc1ncc[nH]1. The Hall–Kier alpha value is -1.52. The van der Waals surface area contributed by atoms with E-state index >= 15 is 0 Å². The number of aryl methyl sites for hydroxylation is 1. The molecule has 4 N–H and O–H groups in total. The molecule has 0 bridgehead atoms. The van der Waals surface area contributed by atoms with Crippen molar-refractivity contribution in [3.05, 3.63) is 18.2 Å². The van der Waals surface area contributed by atoms with Crippen molar-refractivity contribution in [2.24, 2.45) is 16.6 Å². The highest BCUT2D eigenvalue weighted by atomic mass is 15.1. The van der Waals surface area contributed by atoms with Crippen LogP contribution in [0.15, 0.2) is 17.4 Å². The molecule has 0 aromatic carbocycles. The van der Waals surface area contributed by atoms with Gasteiger partial charge in [0.25, 0.3) is 0 Å². The van der Waals surface area contributed by atoms with Crippen LogP contribution in [0.4, 0.5) is 0 Å². The maximum atomic E-state index is 5.70. The first-order valence-electron chi connectivity index (χ1n) is 5.70. The van der Waals surface area contributed by atoms with Gasteiger partial charge in [-0.25, -0.2) is 4.98 Å². The van der Waals surface area contributed by atoms with Crippen molar-refractivity contribution in [2.75, 3.05) is 13.1 Å². The molecule has 16 heavy (non-hydrogen) atoms. The second-order valence-electron chi connectivity index (χ2n) is 4.19. The molecular formula is C11H21N5. The van der Waals surface area contributed by atoms with Crippen LogP contribution in [0.1, 0.15) is 26.1 Å². The number of guanidine groups is 1. The smallest absolute Gasteiger partial charge is 0.188 e. The van der Waals surface area contributed by atoms with Crippen LogP contribution in [0.2, 0.25) is 0 Å². The first-order valence-corrected chi connectivity index (χ1v) is 5.70. The summed E-state index contributed by atoms with van der Waals surface area (Å²) in [5.41, 5.74) is 5.70. The van der Waals surface area contributed by atoms with Crippen LogP contribution in [0.3, 0.4) is 0 Å². The van der Waals surface area contributed by atoms with Gasteiger partial charge >= 0.3 is 0 Å². The predicted octanol–water partition coefficient (Wildman–Crippen LogP) is 0.903. The molecule has 0 aliphatic carbocycles. The highest BCUT2D eigenvalue weighted by Crippen LogP contribution is 1.93. The Kier molecular flexibility index (Phi) is 5.39. The molecular weight excluding hydrogens is 202 g/mol. The van der Waals surface area contributed by atoms with Crippen LogP contribution in [-0.4, -0.2) is 29.0 Å².